The first-order valence-corrected chi connectivity index (χ1v) is 6.10. The number of hydrogen-bond acceptors (Lipinski definition) is 3. The van der Waals surface area contributed by atoms with Crippen molar-refractivity contribution in [2.75, 3.05) is 27.2 Å². The summed E-state index contributed by atoms with van der Waals surface area (Å²) >= 11 is 0. The van der Waals surface area contributed by atoms with Crippen LogP contribution in [0, 0.1) is 0 Å². The second-order valence-electron chi connectivity index (χ2n) is 4.91. The van der Waals surface area contributed by atoms with Crippen molar-refractivity contribution in [3.63, 3.8) is 0 Å². The average molecular weight is 236 g/mol. The van der Waals surface area contributed by atoms with Crippen LogP contribution in [0.25, 0.3) is 0 Å². The summed E-state index contributed by atoms with van der Waals surface area (Å²) in [5.74, 6) is 0.915. The van der Waals surface area contributed by atoms with Crippen LogP contribution in [0.5, 0.6) is 5.75 Å². The molecule has 0 saturated heterocycles. The van der Waals surface area contributed by atoms with Crippen molar-refractivity contribution in [3.05, 3.63) is 29.8 Å². The molecule has 1 rings (SSSR count). The van der Waals surface area contributed by atoms with Crippen LogP contribution in [0.4, 0.5) is 0 Å². The van der Waals surface area contributed by atoms with Crippen LogP contribution in [-0.2, 0) is 6.42 Å². The summed E-state index contributed by atoms with van der Waals surface area (Å²) in [5.41, 5.74) is 1.49. The van der Waals surface area contributed by atoms with Gasteiger partial charge in [-0.2, -0.15) is 0 Å². The van der Waals surface area contributed by atoms with Crippen LogP contribution < -0.4 is 15.4 Å². The molecule has 0 atom stereocenters. The zero-order valence-electron chi connectivity index (χ0n) is 11.3. The van der Waals surface area contributed by atoms with Gasteiger partial charge in [0.25, 0.3) is 0 Å². The molecule has 0 unspecified atom stereocenters. The predicted molar refractivity (Wildman–Crippen MR) is 72.7 cm³/mol. The smallest absolute Gasteiger partial charge is 0.118 e. The molecule has 2 N–H and O–H groups in total. The Bertz CT molecular complexity index is 319. The van der Waals surface area contributed by atoms with Crippen molar-refractivity contribution in [3.8, 4) is 5.75 Å². The van der Waals surface area contributed by atoms with E-state index in [0.717, 1.165) is 25.3 Å². The molecule has 1 aromatic rings. The number of ether oxygens (including phenoxy) is 1. The van der Waals surface area contributed by atoms with Crippen LogP contribution in [0.15, 0.2) is 24.3 Å². The Hall–Kier alpha value is -1.06. The summed E-state index contributed by atoms with van der Waals surface area (Å²) < 4.78 is 5.13. The van der Waals surface area contributed by atoms with Gasteiger partial charge >= 0.3 is 0 Å². The minimum atomic E-state index is 0.153. The standard InChI is InChI=1S/C14H24N2O/c1-14(2,15-3)11-16-10-9-12-5-7-13(17-4)8-6-12/h5-8,15-16H,9-11H2,1-4H3. The van der Waals surface area contributed by atoms with Crippen molar-refractivity contribution in [1.29, 1.82) is 0 Å². The van der Waals surface area contributed by atoms with E-state index in [2.05, 4.69) is 36.6 Å². The minimum absolute atomic E-state index is 0.153. The van der Waals surface area contributed by atoms with Crippen molar-refractivity contribution >= 4 is 0 Å². The molecule has 0 aliphatic carbocycles. The van der Waals surface area contributed by atoms with E-state index in [1.165, 1.54) is 5.56 Å². The van der Waals surface area contributed by atoms with Crippen LogP contribution in [0.1, 0.15) is 19.4 Å². The Morgan fingerprint density at radius 3 is 2.35 bits per heavy atom. The molecule has 0 saturated carbocycles. The van der Waals surface area contributed by atoms with Crippen LogP contribution in [0.2, 0.25) is 0 Å². The van der Waals surface area contributed by atoms with E-state index in [4.69, 9.17) is 4.74 Å². The summed E-state index contributed by atoms with van der Waals surface area (Å²) in [4.78, 5) is 0. The second kappa shape index (κ2) is 6.62. The number of methoxy groups -OCH3 is 1. The molecule has 17 heavy (non-hydrogen) atoms. The first kappa shape index (κ1) is 14.0. The minimum Gasteiger partial charge on any atom is -0.497 e. The number of hydrogen-bond donors (Lipinski definition) is 2. The van der Waals surface area contributed by atoms with Gasteiger partial charge in [0.2, 0.25) is 0 Å². The molecule has 0 aromatic heterocycles. The summed E-state index contributed by atoms with van der Waals surface area (Å²) in [5, 5.41) is 6.74. The molecular weight excluding hydrogens is 212 g/mol. The summed E-state index contributed by atoms with van der Waals surface area (Å²) in [6.45, 7) is 6.35. The highest BCUT2D eigenvalue weighted by Gasteiger charge is 2.12. The zero-order valence-corrected chi connectivity index (χ0v) is 11.3. The molecular formula is C14H24N2O. The molecule has 96 valence electrons. The van der Waals surface area contributed by atoms with Gasteiger partial charge in [0.15, 0.2) is 0 Å². The molecule has 3 heteroatoms. The van der Waals surface area contributed by atoms with Gasteiger partial charge in [-0.1, -0.05) is 12.1 Å². The van der Waals surface area contributed by atoms with Crippen molar-refractivity contribution < 1.29 is 4.74 Å². The van der Waals surface area contributed by atoms with Crippen LogP contribution in [-0.4, -0.2) is 32.8 Å². The molecule has 1 aromatic carbocycles. The normalized spacial score (nSPS) is 11.5. The Kier molecular flexibility index (Phi) is 5.45. The van der Waals surface area contributed by atoms with E-state index in [9.17, 15) is 0 Å². The molecule has 0 heterocycles. The topological polar surface area (TPSA) is 33.3 Å². The molecule has 0 fully saturated rings. The lowest BCUT2D eigenvalue weighted by molar-refractivity contribution is 0.395. The summed E-state index contributed by atoms with van der Waals surface area (Å²) in [6, 6.07) is 8.24. The van der Waals surface area contributed by atoms with E-state index < -0.39 is 0 Å². The highest BCUT2D eigenvalue weighted by Crippen LogP contribution is 2.11. The van der Waals surface area contributed by atoms with Gasteiger partial charge in [-0.05, 0) is 51.6 Å². The summed E-state index contributed by atoms with van der Waals surface area (Å²) in [6.07, 6.45) is 1.05. The Labute approximate surface area is 105 Å². The van der Waals surface area contributed by atoms with E-state index >= 15 is 0 Å². The van der Waals surface area contributed by atoms with Gasteiger partial charge in [0.05, 0.1) is 7.11 Å². The lowest BCUT2D eigenvalue weighted by atomic mass is 10.1. The maximum absolute atomic E-state index is 5.13. The lowest BCUT2D eigenvalue weighted by Gasteiger charge is -2.24. The molecule has 0 amide bonds. The third kappa shape index (κ3) is 5.20. The zero-order chi connectivity index (χ0) is 12.7. The maximum atomic E-state index is 5.13. The van der Waals surface area contributed by atoms with Gasteiger partial charge in [0, 0.05) is 12.1 Å². The number of likely N-dealkylation sites (N-methyl/N-ethyl adjacent to an activating group) is 1. The molecule has 0 spiro atoms. The highest BCUT2D eigenvalue weighted by molar-refractivity contribution is 5.27. The average Bonchev–Trinajstić information content (AvgIpc) is 2.35. The van der Waals surface area contributed by atoms with E-state index in [-0.39, 0.29) is 5.54 Å². The predicted octanol–water partition coefficient (Wildman–Crippen LogP) is 1.83. The van der Waals surface area contributed by atoms with Crippen molar-refractivity contribution in [2.24, 2.45) is 0 Å². The second-order valence-corrected chi connectivity index (χ2v) is 4.91. The first-order chi connectivity index (χ1) is 8.07. The Morgan fingerprint density at radius 1 is 1.18 bits per heavy atom. The molecule has 0 radical (unpaired) electrons. The molecule has 3 nitrogen and oxygen atoms in total. The summed E-state index contributed by atoms with van der Waals surface area (Å²) in [7, 11) is 3.68. The fraction of sp³-hybridized carbons (Fsp3) is 0.571. The quantitative estimate of drug-likeness (QED) is 0.709. The number of rotatable bonds is 7. The Balaban J connectivity index is 2.26. The largest absolute Gasteiger partial charge is 0.497 e. The number of benzene rings is 1. The molecule has 0 aliphatic rings. The SMILES string of the molecule is CNC(C)(C)CNCCc1ccc(OC)cc1. The van der Waals surface area contributed by atoms with Gasteiger partial charge in [-0.25, -0.2) is 0 Å². The first-order valence-electron chi connectivity index (χ1n) is 6.10. The van der Waals surface area contributed by atoms with E-state index in [0.29, 0.717) is 0 Å². The van der Waals surface area contributed by atoms with Gasteiger partial charge in [-0.15, -0.1) is 0 Å². The van der Waals surface area contributed by atoms with Gasteiger partial charge in [-0.3, -0.25) is 0 Å². The fourth-order valence-electron chi connectivity index (χ4n) is 1.51. The van der Waals surface area contributed by atoms with Crippen LogP contribution >= 0.6 is 0 Å². The van der Waals surface area contributed by atoms with E-state index in [1.54, 1.807) is 7.11 Å². The molecule has 0 bridgehead atoms. The Morgan fingerprint density at radius 2 is 1.82 bits per heavy atom. The maximum Gasteiger partial charge on any atom is 0.118 e. The third-order valence-corrected chi connectivity index (χ3v) is 2.99. The van der Waals surface area contributed by atoms with E-state index in [1.807, 2.05) is 19.2 Å². The monoisotopic (exact) mass is 236 g/mol. The van der Waals surface area contributed by atoms with Crippen molar-refractivity contribution in [2.45, 2.75) is 25.8 Å². The van der Waals surface area contributed by atoms with Crippen LogP contribution in [0.3, 0.4) is 0 Å². The van der Waals surface area contributed by atoms with Gasteiger partial charge < -0.3 is 15.4 Å². The van der Waals surface area contributed by atoms with Gasteiger partial charge in [0.1, 0.15) is 5.75 Å². The fourth-order valence-corrected chi connectivity index (χ4v) is 1.51. The lowest BCUT2D eigenvalue weighted by Crippen LogP contribution is -2.46. The van der Waals surface area contributed by atoms with Crippen molar-refractivity contribution in [1.82, 2.24) is 10.6 Å². The highest BCUT2D eigenvalue weighted by atomic mass is 16.5. The molecule has 0 aliphatic heterocycles. The number of nitrogens with one attached hydrogen (secondary N) is 2. The third-order valence-electron chi connectivity index (χ3n) is 2.99.